The van der Waals surface area contributed by atoms with Crippen LogP contribution in [0.15, 0.2) is 30.3 Å². The Labute approximate surface area is 193 Å². The van der Waals surface area contributed by atoms with E-state index >= 15 is 0 Å². The van der Waals surface area contributed by atoms with Crippen molar-refractivity contribution in [2.24, 2.45) is 11.1 Å². The van der Waals surface area contributed by atoms with Crippen LogP contribution < -0.4 is 16.8 Å². The van der Waals surface area contributed by atoms with Gasteiger partial charge in [-0.05, 0) is 44.7 Å². The number of nitrogen functional groups attached to an aromatic ring is 1. The molecule has 7 N–H and O–H groups in total. The van der Waals surface area contributed by atoms with Gasteiger partial charge in [0.2, 0.25) is 5.91 Å². The topological polar surface area (TPSA) is 173 Å². The third-order valence-electron chi connectivity index (χ3n) is 4.86. The van der Waals surface area contributed by atoms with E-state index in [1.54, 1.807) is 19.1 Å². The number of primary amides is 1. The summed E-state index contributed by atoms with van der Waals surface area (Å²) in [6.07, 6.45) is 3.18. The average Bonchev–Trinajstić information content (AvgIpc) is 3.03. The first-order valence-electron chi connectivity index (χ1n) is 10.6. The molecule has 0 fully saturated rings. The van der Waals surface area contributed by atoms with Gasteiger partial charge in [-0.2, -0.15) is 5.10 Å². The third kappa shape index (κ3) is 6.41. The van der Waals surface area contributed by atoms with Crippen LogP contribution in [0.2, 0.25) is 0 Å². The van der Waals surface area contributed by atoms with Crippen molar-refractivity contribution in [3.63, 3.8) is 0 Å². The molecular formula is C23H33N7O3. The number of nitrogens with zero attached hydrogens (tertiary/aromatic N) is 3. The zero-order chi connectivity index (χ0) is 25.1. The van der Waals surface area contributed by atoms with E-state index in [0.29, 0.717) is 23.4 Å². The lowest BCUT2D eigenvalue weighted by Crippen LogP contribution is -2.28. The molecule has 0 aliphatic rings. The van der Waals surface area contributed by atoms with Gasteiger partial charge >= 0.3 is 0 Å². The number of allylic oxidation sites excluding steroid dienone is 1. The van der Waals surface area contributed by atoms with Crippen LogP contribution in [0.4, 0.5) is 5.82 Å². The molecule has 0 bridgehead atoms. The van der Waals surface area contributed by atoms with Crippen molar-refractivity contribution in [1.82, 2.24) is 20.1 Å². The Morgan fingerprint density at radius 1 is 1.27 bits per heavy atom. The predicted molar refractivity (Wildman–Crippen MR) is 128 cm³/mol. The number of nitrogens with one attached hydrogen (secondary N) is 2. The number of anilines is 1. The molecule has 0 aromatic carbocycles. The van der Waals surface area contributed by atoms with Crippen LogP contribution in [0.3, 0.4) is 0 Å². The first kappa shape index (κ1) is 25.6. The summed E-state index contributed by atoms with van der Waals surface area (Å²) >= 11 is 0. The maximum Gasteiger partial charge on any atom is 0.254 e. The lowest BCUT2D eigenvalue weighted by molar-refractivity contribution is -0.122. The predicted octanol–water partition coefficient (Wildman–Crippen LogP) is 3.28. The standard InChI is InChI=1S/C23H33N7O3/c1-12(2)30-20(25)18(21(26)32)19(29-30)14-7-8-16(27-11-14)13(3)22(33)28-17(31)9-15(24)10-23(4,5)6/h7-9,11-13,24,31H,10,25H2,1-6H3,(H2,26,32)(H,28,33)/b17-9-,24-15?. The smallest absolute Gasteiger partial charge is 0.254 e. The summed E-state index contributed by atoms with van der Waals surface area (Å²) in [6.45, 7) is 11.4. The van der Waals surface area contributed by atoms with Gasteiger partial charge in [0.05, 0.1) is 11.6 Å². The number of carbonyl (C=O) groups excluding carboxylic acids is 2. The van der Waals surface area contributed by atoms with Crippen molar-refractivity contribution in [3.8, 4) is 11.3 Å². The second-order valence-corrected chi connectivity index (χ2v) is 9.49. The second kappa shape index (κ2) is 9.85. The first-order chi connectivity index (χ1) is 15.2. The number of hydrogen-bond donors (Lipinski definition) is 5. The van der Waals surface area contributed by atoms with Gasteiger partial charge in [0.25, 0.3) is 5.91 Å². The van der Waals surface area contributed by atoms with Gasteiger partial charge in [0, 0.05) is 29.6 Å². The van der Waals surface area contributed by atoms with Gasteiger partial charge in [-0.15, -0.1) is 0 Å². The minimum absolute atomic E-state index is 0.0709. The number of hydrogen-bond acceptors (Lipinski definition) is 7. The summed E-state index contributed by atoms with van der Waals surface area (Å²) in [7, 11) is 0. The van der Waals surface area contributed by atoms with Gasteiger partial charge in [0.15, 0.2) is 5.88 Å². The number of pyridine rings is 1. The van der Waals surface area contributed by atoms with E-state index in [1.807, 2.05) is 34.6 Å². The zero-order valence-electron chi connectivity index (χ0n) is 19.9. The average molecular weight is 456 g/mol. The Hall–Kier alpha value is -3.69. The van der Waals surface area contributed by atoms with E-state index in [9.17, 15) is 14.7 Å². The van der Waals surface area contributed by atoms with Crippen LogP contribution in [0, 0.1) is 10.8 Å². The highest BCUT2D eigenvalue weighted by atomic mass is 16.3. The third-order valence-corrected chi connectivity index (χ3v) is 4.86. The second-order valence-electron chi connectivity index (χ2n) is 9.49. The van der Waals surface area contributed by atoms with Crippen molar-refractivity contribution in [3.05, 3.63) is 41.5 Å². The summed E-state index contributed by atoms with van der Waals surface area (Å²) in [5, 5.41) is 24.8. The quantitative estimate of drug-likeness (QED) is 0.302. The highest BCUT2D eigenvalue weighted by Gasteiger charge is 2.24. The normalized spacial score (nSPS) is 13.1. The number of nitrogens with two attached hydrogens (primary N) is 2. The molecule has 33 heavy (non-hydrogen) atoms. The molecule has 10 nitrogen and oxygen atoms in total. The lowest BCUT2D eigenvalue weighted by Gasteiger charge is -2.17. The van der Waals surface area contributed by atoms with Crippen LogP contribution in [0.25, 0.3) is 11.3 Å². The van der Waals surface area contributed by atoms with Crippen molar-refractivity contribution in [2.75, 3.05) is 5.73 Å². The summed E-state index contributed by atoms with van der Waals surface area (Å²) in [5.74, 6) is -2.05. The number of amides is 2. The van der Waals surface area contributed by atoms with Crippen LogP contribution in [0.5, 0.6) is 0 Å². The number of rotatable bonds is 8. The molecule has 0 spiro atoms. The Bertz CT molecular complexity index is 1080. The van der Waals surface area contributed by atoms with Crippen LogP contribution >= 0.6 is 0 Å². The summed E-state index contributed by atoms with van der Waals surface area (Å²) in [6, 6.07) is 3.25. The molecule has 1 unspecified atom stereocenters. The molecule has 0 saturated carbocycles. The number of aliphatic hydroxyl groups is 1. The molecule has 178 valence electrons. The molecular weight excluding hydrogens is 422 g/mol. The largest absolute Gasteiger partial charge is 0.494 e. The molecule has 0 radical (unpaired) electrons. The van der Waals surface area contributed by atoms with Gasteiger partial charge in [0.1, 0.15) is 17.1 Å². The maximum atomic E-state index is 12.5. The van der Waals surface area contributed by atoms with Gasteiger partial charge in [-0.1, -0.05) is 20.8 Å². The number of carbonyl (C=O) groups is 2. The van der Waals surface area contributed by atoms with Gasteiger partial charge in [-0.3, -0.25) is 19.9 Å². The Balaban J connectivity index is 2.20. The molecule has 0 aliphatic heterocycles. The van der Waals surface area contributed by atoms with E-state index < -0.39 is 23.6 Å². The van der Waals surface area contributed by atoms with Crippen molar-refractivity contribution in [2.45, 2.75) is 59.9 Å². The van der Waals surface area contributed by atoms with E-state index in [4.69, 9.17) is 16.9 Å². The maximum absolute atomic E-state index is 12.5. The van der Waals surface area contributed by atoms with E-state index in [0.717, 1.165) is 0 Å². The molecule has 2 aromatic rings. The minimum Gasteiger partial charge on any atom is -0.494 e. The Morgan fingerprint density at radius 3 is 2.39 bits per heavy atom. The first-order valence-corrected chi connectivity index (χ1v) is 10.6. The molecule has 2 aromatic heterocycles. The molecule has 10 heteroatoms. The summed E-state index contributed by atoms with van der Waals surface area (Å²) in [5.41, 5.74) is 13.1. The zero-order valence-corrected chi connectivity index (χ0v) is 19.9. The molecule has 0 saturated heterocycles. The fourth-order valence-electron chi connectivity index (χ4n) is 3.28. The van der Waals surface area contributed by atoms with Crippen LogP contribution in [-0.4, -0.2) is 37.4 Å². The van der Waals surface area contributed by atoms with Gasteiger partial charge in [-0.25, -0.2) is 4.68 Å². The molecule has 2 amide bonds. The summed E-state index contributed by atoms with van der Waals surface area (Å²) in [4.78, 5) is 28.8. The van der Waals surface area contributed by atoms with Crippen molar-refractivity contribution in [1.29, 1.82) is 5.41 Å². The molecule has 2 rings (SSSR count). The fourth-order valence-corrected chi connectivity index (χ4v) is 3.28. The van der Waals surface area contributed by atoms with E-state index in [-0.39, 0.29) is 28.5 Å². The van der Waals surface area contributed by atoms with Crippen molar-refractivity contribution >= 4 is 23.3 Å². The van der Waals surface area contributed by atoms with E-state index in [1.165, 1.54) is 17.0 Å². The monoisotopic (exact) mass is 455 g/mol. The SMILES string of the molecule is CC(C(=O)N/C(O)=C/C(=N)CC(C)(C)C)c1ccc(-c2nn(C(C)C)c(N)c2C(N)=O)cn1. The lowest BCUT2D eigenvalue weighted by atomic mass is 9.89. The van der Waals surface area contributed by atoms with Crippen LogP contribution in [-0.2, 0) is 4.79 Å². The summed E-state index contributed by atoms with van der Waals surface area (Å²) < 4.78 is 1.52. The van der Waals surface area contributed by atoms with Crippen LogP contribution in [0.1, 0.15) is 76.0 Å². The Kier molecular flexibility index (Phi) is 7.63. The van der Waals surface area contributed by atoms with E-state index in [2.05, 4.69) is 15.4 Å². The van der Waals surface area contributed by atoms with Gasteiger partial charge < -0.3 is 22.0 Å². The number of aliphatic hydroxyl groups excluding tert-OH is 1. The molecule has 2 heterocycles. The molecule has 0 aliphatic carbocycles. The molecule has 1 atom stereocenters. The highest BCUT2D eigenvalue weighted by Crippen LogP contribution is 2.29. The fraction of sp³-hybridized carbons (Fsp3) is 0.435. The van der Waals surface area contributed by atoms with Crippen molar-refractivity contribution < 1.29 is 14.7 Å². The Morgan fingerprint density at radius 2 is 1.91 bits per heavy atom. The highest BCUT2D eigenvalue weighted by molar-refractivity contribution is 6.03. The number of aromatic nitrogens is 3. The minimum atomic E-state index is -0.689.